The van der Waals surface area contributed by atoms with Gasteiger partial charge in [0.05, 0.1) is 4.90 Å². The van der Waals surface area contributed by atoms with Crippen LogP contribution in [0.3, 0.4) is 0 Å². The Hall–Kier alpha value is -2.19. The number of aromatic nitrogens is 1. The van der Waals surface area contributed by atoms with Crippen molar-refractivity contribution in [3.63, 3.8) is 0 Å². The number of piperidine rings is 1. The Morgan fingerprint density at radius 1 is 1.17 bits per heavy atom. The summed E-state index contributed by atoms with van der Waals surface area (Å²) in [4.78, 5) is 12.8. The number of anilines is 1. The number of benzene rings is 1. The van der Waals surface area contributed by atoms with Crippen LogP contribution in [-0.4, -0.2) is 36.9 Å². The van der Waals surface area contributed by atoms with Crippen molar-refractivity contribution >= 4 is 21.7 Å². The zero-order valence-corrected chi connectivity index (χ0v) is 18.4. The van der Waals surface area contributed by atoms with Crippen molar-refractivity contribution in [1.82, 2.24) is 9.46 Å². The summed E-state index contributed by atoms with van der Waals surface area (Å²) < 4.78 is 33.0. The fraction of sp³-hybridized carbons (Fsp3) is 0.524. The van der Waals surface area contributed by atoms with Crippen molar-refractivity contribution < 1.29 is 17.7 Å². The molecule has 0 spiro atoms. The van der Waals surface area contributed by atoms with E-state index in [1.54, 1.807) is 18.2 Å². The number of nitrogens with one attached hydrogen (secondary N) is 1. The van der Waals surface area contributed by atoms with E-state index >= 15 is 0 Å². The first-order chi connectivity index (χ1) is 13.5. The summed E-state index contributed by atoms with van der Waals surface area (Å²) in [7, 11) is -3.65. The molecule has 0 bridgehead atoms. The van der Waals surface area contributed by atoms with Gasteiger partial charge >= 0.3 is 0 Å². The number of nitrogens with zero attached hydrogens (tertiary/aromatic N) is 2. The second kappa shape index (κ2) is 7.91. The standard InChI is InChI=1S/C21H29N3O4S/c1-14-9-15(2)13-24(12-14)29(26,27)17-8-6-7-16(10-17)20(25)22-19-11-18(28-23-19)21(3,4)5/h6-8,10-11,14-15H,9,12-13H2,1-5H3,(H,22,23,25). The molecule has 1 aliphatic rings. The molecule has 1 saturated heterocycles. The van der Waals surface area contributed by atoms with E-state index in [2.05, 4.69) is 24.3 Å². The lowest BCUT2D eigenvalue weighted by Crippen LogP contribution is -2.42. The first-order valence-electron chi connectivity index (χ1n) is 9.85. The predicted molar refractivity (Wildman–Crippen MR) is 111 cm³/mol. The van der Waals surface area contributed by atoms with Crippen LogP contribution in [-0.2, 0) is 15.4 Å². The Morgan fingerprint density at radius 2 is 1.83 bits per heavy atom. The zero-order chi connectivity index (χ0) is 21.4. The molecule has 8 heteroatoms. The molecule has 1 aromatic carbocycles. The molecule has 2 unspecified atom stereocenters. The van der Waals surface area contributed by atoms with E-state index in [1.807, 2.05) is 20.8 Å². The molecule has 1 aromatic heterocycles. The SMILES string of the molecule is CC1CC(C)CN(S(=O)(=O)c2cccc(C(=O)Nc3cc(C(C)(C)C)on3)c2)C1. The van der Waals surface area contributed by atoms with E-state index in [-0.39, 0.29) is 15.9 Å². The minimum absolute atomic E-state index is 0.127. The summed E-state index contributed by atoms with van der Waals surface area (Å²) >= 11 is 0. The molecule has 0 radical (unpaired) electrons. The van der Waals surface area contributed by atoms with Crippen LogP contribution in [0.5, 0.6) is 0 Å². The van der Waals surface area contributed by atoms with Crippen molar-refractivity contribution in [2.24, 2.45) is 11.8 Å². The second-order valence-electron chi connectivity index (χ2n) is 9.08. The van der Waals surface area contributed by atoms with Crippen LogP contribution >= 0.6 is 0 Å². The minimum atomic E-state index is -3.65. The maximum absolute atomic E-state index is 13.1. The van der Waals surface area contributed by atoms with Gasteiger partial charge in [0.2, 0.25) is 10.0 Å². The highest BCUT2D eigenvalue weighted by atomic mass is 32.2. The largest absolute Gasteiger partial charge is 0.359 e. The zero-order valence-electron chi connectivity index (χ0n) is 17.6. The molecule has 3 rings (SSSR count). The van der Waals surface area contributed by atoms with E-state index in [4.69, 9.17) is 4.52 Å². The number of hydrogen-bond acceptors (Lipinski definition) is 5. The second-order valence-corrected chi connectivity index (χ2v) is 11.0. The van der Waals surface area contributed by atoms with Gasteiger partial charge in [0.25, 0.3) is 5.91 Å². The molecule has 7 nitrogen and oxygen atoms in total. The van der Waals surface area contributed by atoms with Gasteiger partial charge in [-0.2, -0.15) is 4.31 Å². The van der Waals surface area contributed by atoms with Crippen molar-refractivity contribution in [2.45, 2.75) is 51.3 Å². The van der Waals surface area contributed by atoms with Gasteiger partial charge in [0.15, 0.2) is 5.82 Å². The lowest BCUT2D eigenvalue weighted by molar-refractivity contribution is 0.102. The van der Waals surface area contributed by atoms with E-state index < -0.39 is 15.9 Å². The summed E-state index contributed by atoms with van der Waals surface area (Å²) in [5.41, 5.74) is 0.0247. The van der Waals surface area contributed by atoms with Crippen LogP contribution in [0.15, 0.2) is 39.8 Å². The molecule has 2 atom stereocenters. The molecule has 0 aliphatic carbocycles. The molecule has 0 saturated carbocycles. The van der Waals surface area contributed by atoms with Gasteiger partial charge < -0.3 is 9.84 Å². The van der Waals surface area contributed by atoms with Gasteiger partial charge in [-0.25, -0.2) is 8.42 Å². The number of hydrogen-bond donors (Lipinski definition) is 1. The lowest BCUT2D eigenvalue weighted by Gasteiger charge is -2.34. The third kappa shape index (κ3) is 4.87. The quantitative estimate of drug-likeness (QED) is 0.812. The highest BCUT2D eigenvalue weighted by Crippen LogP contribution is 2.28. The number of carbonyl (C=O) groups is 1. The fourth-order valence-electron chi connectivity index (χ4n) is 3.62. The summed E-state index contributed by atoms with van der Waals surface area (Å²) in [5, 5.41) is 6.55. The van der Waals surface area contributed by atoms with Crippen LogP contribution in [0.4, 0.5) is 5.82 Å². The van der Waals surface area contributed by atoms with Gasteiger partial charge in [-0.15, -0.1) is 0 Å². The average Bonchev–Trinajstić information content (AvgIpc) is 3.10. The van der Waals surface area contributed by atoms with E-state index in [1.165, 1.54) is 16.4 Å². The van der Waals surface area contributed by atoms with Crippen LogP contribution < -0.4 is 5.32 Å². The lowest BCUT2D eigenvalue weighted by atomic mass is 9.93. The van der Waals surface area contributed by atoms with Crippen molar-refractivity contribution in [2.75, 3.05) is 18.4 Å². The summed E-state index contributed by atoms with van der Waals surface area (Å²) in [6.45, 7) is 11.1. The van der Waals surface area contributed by atoms with Crippen LogP contribution in [0.25, 0.3) is 0 Å². The Morgan fingerprint density at radius 3 is 2.41 bits per heavy atom. The third-order valence-electron chi connectivity index (χ3n) is 5.06. The van der Waals surface area contributed by atoms with Crippen molar-refractivity contribution in [3.05, 3.63) is 41.7 Å². The van der Waals surface area contributed by atoms with Gasteiger partial charge in [-0.3, -0.25) is 4.79 Å². The highest BCUT2D eigenvalue weighted by molar-refractivity contribution is 7.89. The van der Waals surface area contributed by atoms with Gasteiger partial charge in [0.1, 0.15) is 5.76 Å². The summed E-state index contributed by atoms with van der Waals surface area (Å²) in [6.07, 6.45) is 1.02. The van der Waals surface area contributed by atoms with Crippen LogP contribution in [0.2, 0.25) is 0 Å². The molecule has 2 aromatic rings. The highest BCUT2D eigenvalue weighted by Gasteiger charge is 2.32. The fourth-order valence-corrected chi connectivity index (χ4v) is 5.35. The Bertz CT molecular complexity index is 981. The monoisotopic (exact) mass is 419 g/mol. The number of sulfonamides is 1. The van der Waals surface area contributed by atoms with Crippen molar-refractivity contribution in [1.29, 1.82) is 0 Å². The molecule has 1 fully saturated rings. The number of amides is 1. The number of rotatable bonds is 4. The Labute approximate surface area is 172 Å². The minimum Gasteiger partial charge on any atom is -0.359 e. The van der Waals surface area contributed by atoms with E-state index in [0.29, 0.717) is 36.5 Å². The predicted octanol–water partition coefficient (Wildman–Crippen LogP) is 3.89. The van der Waals surface area contributed by atoms with E-state index in [0.717, 1.165) is 6.42 Å². The molecule has 1 aliphatic heterocycles. The molecule has 1 amide bonds. The topological polar surface area (TPSA) is 92.5 Å². The average molecular weight is 420 g/mol. The summed E-state index contributed by atoms with van der Waals surface area (Å²) in [5.74, 6) is 1.13. The molecule has 1 N–H and O–H groups in total. The van der Waals surface area contributed by atoms with Gasteiger partial charge in [-0.05, 0) is 36.5 Å². The number of carbonyl (C=O) groups excluding carboxylic acids is 1. The smallest absolute Gasteiger partial charge is 0.256 e. The molecule has 29 heavy (non-hydrogen) atoms. The van der Waals surface area contributed by atoms with Gasteiger partial charge in [0, 0.05) is 30.1 Å². The third-order valence-corrected chi connectivity index (χ3v) is 6.89. The Balaban J connectivity index is 1.80. The molecular formula is C21H29N3O4S. The summed E-state index contributed by atoms with van der Waals surface area (Å²) in [6, 6.07) is 7.79. The van der Waals surface area contributed by atoms with E-state index in [9.17, 15) is 13.2 Å². The molecule has 158 valence electrons. The normalized spacial score (nSPS) is 21.1. The van der Waals surface area contributed by atoms with Crippen molar-refractivity contribution in [3.8, 4) is 0 Å². The maximum atomic E-state index is 13.1. The van der Waals surface area contributed by atoms with Gasteiger partial charge in [-0.1, -0.05) is 45.8 Å². The Kier molecular flexibility index (Phi) is 5.87. The van der Waals surface area contributed by atoms with Crippen LogP contribution in [0, 0.1) is 11.8 Å². The first kappa shape index (κ1) is 21.5. The van der Waals surface area contributed by atoms with Crippen LogP contribution in [0.1, 0.15) is 57.2 Å². The molecule has 2 heterocycles. The molecular weight excluding hydrogens is 390 g/mol. The first-order valence-corrected chi connectivity index (χ1v) is 11.3. The maximum Gasteiger partial charge on any atom is 0.256 e.